The molecule has 2 aliphatic rings. The molecule has 22 heavy (non-hydrogen) atoms. The Bertz CT molecular complexity index is 407. The van der Waals surface area contributed by atoms with Gasteiger partial charge in [-0.15, -0.1) is 0 Å². The first kappa shape index (κ1) is 18.8. The summed E-state index contributed by atoms with van der Waals surface area (Å²) in [4.78, 5) is 27.7. The van der Waals surface area contributed by atoms with Crippen LogP contribution in [0.15, 0.2) is 9.98 Å². The molecule has 4 heteroatoms. The standard InChI is InChI=1S/C11H14N2O2.C7H16/c14-7-12-5-10-3-9-1-2-11(10,4-9)6-13-8-15;1-3-5-7-6-4-2/h9-10H,1-6H2;3-7H2,1-2H3. The Morgan fingerprint density at radius 3 is 2.27 bits per heavy atom. The molecule has 3 unspecified atom stereocenters. The average Bonchev–Trinajstić information content (AvgIpc) is 3.10. The molecule has 0 heterocycles. The molecular formula is C18H30N2O2. The first-order valence-corrected chi connectivity index (χ1v) is 8.79. The van der Waals surface area contributed by atoms with Gasteiger partial charge in [0.1, 0.15) is 0 Å². The minimum Gasteiger partial charge on any atom is -0.211 e. The van der Waals surface area contributed by atoms with Gasteiger partial charge >= 0.3 is 0 Å². The Balaban J connectivity index is 0.000000295. The Morgan fingerprint density at radius 2 is 1.73 bits per heavy atom. The number of hydrogen-bond donors (Lipinski definition) is 0. The lowest BCUT2D eigenvalue weighted by Gasteiger charge is -2.31. The van der Waals surface area contributed by atoms with Crippen LogP contribution in [0.2, 0.25) is 0 Å². The summed E-state index contributed by atoms with van der Waals surface area (Å²) in [6, 6.07) is 0. The van der Waals surface area contributed by atoms with Gasteiger partial charge in [-0.3, -0.25) is 0 Å². The maximum atomic E-state index is 10.2. The molecule has 2 fully saturated rings. The number of fused-ring (bicyclic) bond motifs is 2. The smallest absolute Gasteiger partial charge is 0.211 e. The Hall–Kier alpha value is -1.24. The lowest BCUT2D eigenvalue weighted by molar-refractivity contribution is 0.201. The van der Waals surface area contributed by atoms with E-state index in [9.17, 15) is 9.59 Å². The predicted molar refractivity (Wildman–Crippen MR) is 88.3 cm³/mol. The summed E-state index contributed by atoms with van der Waals surface area (Å²) in [5.74, 6) is 1.16. The van der Waals surface area contributed by atoms with Crippen LogP contribution in [0.1, 0.15) is 71.6 Å². The van der Waals surface area contributed by atoms with Crippen molar-refractivity contribution in [2.75, 3.05) is 13.1 Å². The SMILES string of the molecule is CCCCCCC.O=C=NCC1CC2CCC1(CN=C=O)C2. The number of unbranched alkanes of at least 4 members (excludes halogenated alkanes) is 4. The summed E-state index contributed by atoms with van der Waals surface area (Å²) >= 11 is 0. The van der Waals surface area contributed by atoms with Crippen molar-refractivity contribution >= 4 is 12.2 Å². The van der Waals surface area contributed by atoms with E-state index in [1.165, 1.54) is 38.5 Å². The van der Waals surface area contributed by atoms with E-state index in [4.69, 9.17) is 0 Å². The van der Waals surface area contributed by atoms with Crippen LogP contribution in [-0.2, 0) is 9.59 Å². The summed E-state index contributed by atoms with van der Waals surface area (Å²) in [6.45, 7) is 5.60. The summed E-state index contributed by atoms with van der Waals surface area (Å²) < 4.78 is 0. The topological polar surface area (TPSA) is 58.9 Å². The van der Waals surface area contributed by atoms with Crippen LogP contribution < -0.4 is 0 Å². The molecule has 0 aromatic heterocycles. The van der Waals surface area contributed by atoms with Crippen LogP contribution in [0, 0.1) is 17.3 Å². The molecule has 2 aliphatic carbocycles. The highest BCUT2D eigenvalue weighted by molar-refractivity contribution is 5.34. The molecule has 4 nitrogen and oxygen atoms in total. The molecule has 0 N–H and O–H groups in total. The summed E-state index contributed by atoms with van der Waals surface area (Å²) in [5.41, 5.74) is 0.127. The second kappa shape index (κ2) is 10.5. The number of hydrogen-bond acceptors (Lipinski definition) is 4. The van der Waals surface area contributed by atoms with Crippen LogP contribution in [0.5, 0.6) is 0 Å². The number of carbonyl (C=O) groups excluding carboxylic acids is 2. The largest absolute Gasteiger partial charge is 0.234 e. The molecular weight excluding hydrogens is 276 g/mol. The second-order valence-corrected chi connectivity index (χ2v) is 6.80. The van der Waals surface area contributed by atoms with E-state index in [0.717, 1.165) is 25.2 Å². The zero-order valence-corrected chi connectivity index (χ0v) is 14.1. The molecule has 0 amide bonds. The van der Waals surface area contributed by atoms with E-state index in [0.29, 0.717) is 19.0 Å². The second-order valence-electron chi connectivity index (χ2n) is 6.80. The Labute approximate surface area is 134 Å². The molecule has 0 radical (unpaired) electrons. The first-order chi connectivity index (χ1) is 10.7. The zero-order valence-electron chi connectivity index (χ0n) is 14.1. The van der Waals surface area contributed by atoms with Gasteiger partial charge in [0.2, 0.25) is 12.2 Å². The number of aliphatic imine (C=N–C) groups is 2. The maximum absolute atomic E-state index is 10.2. The van der Waals surface area contributed by atoms with Crippen molar-refractivity contribution < 1.29 is 9.59 Å². The first-order valence-electron chi connectivity index (χ1n) is 8.79. The van der Waals surface area contributed by atoms with Crippen molar-refractivity contribution in [3.63, 3.8) is 0 Å². The van der Waals surface area contributed by atoms with E-state index >= 15 is 0 Å². The van der Waals surface area contributed by atoms with E-state index in [-0.39, 0.29) is 5.41 Å². The van der Waals surface area contributed by atoms with Crippen LogP contribution in [0.3, 0.4) is 0 Å². The van der Waals surface area contributed by atoms with Crippen molar-refractivity contribution in [2.45, 2.75) is 71.6 Å². The fourth-order valence-corrected chi connectivity index (χ4v) is 4.05. The van der Waals surface area contributed by atoms with Crippen LogP contribution in [0.4, 0.5) is 0 Å². The Kier molecular flexibility index (Phi) is 8.96. The summed E-state index contributed by atoms with van der Waals surface area (Å²) in [6.07, 6.45) is 14.8. The van der Waals surface area contributed by atoms with Gasteiger partial charge in [-0.05, 0) is 42.9 Å². The van der Waals surface area contributed by atoms with Gasteiger partial charge in [0.25, 0.3) is 0 Å². The van der Waals surface area contributed by atoms with Crippen molar-refractivity contribution in [3.05, 3.63) is 0 Å². The molecule has 0 aromatic rings. The van der Waals surface area contributed by atoms with Crippen LogP contribution in [0.25, 0.3) is 0 Å². The lowest BCUT2D eigenvalue weighted by Crippen LogP contribution is -2.30. The van der Waals surface area contributed by atoms with Gasteiger partial charge in [-0.1, -0.05) is 46.0 Å². The van der Waals surface area contributed by atoms with E-state index in [1.807, 2.05) is 0 Å². The van der Waals surface area contributed by atoms with Gasteiger partial charge in [-0.2, -0.15) is 0 Å². The molecule has 0 spiro atoms. The minimum absolute atomic E-state index is 0.127. The normalized spacial score (nSPS) is 28.3. The molecule has 2 rings (SSSR count). The van der Waals surface area contributed by atoms with Gasteiger partial charge < -0.3 is 0 Å². The molecule has 0 saturated heterocycles. The van der Waals surface area contributed by atoms with Crippen molar-refractivity contribution in [2.24, 2.45) is 27.2 Å². The molecule has 2 saturated carbocycles. The van der Waals surface area contributed by atoms with Gasteiger partial charge in [0.15, 0.2) is 0 Å². The summed E-state index contributed by atoms with van der Waals surface area (Å²) in [7, 11) is 0. The van der Waals surface area contributed by atoms with E-state index in [2.05, 4.69) is 23.8 Å². The van der Waals surface area contributed by atoms with Gasteiger partial charge in [0.05, 0.1) is 13.1 Å². The quantitative estimate of drug-likeness (QED) is 0.378. The average molecular weight is 306 g/mol. The predicted octanol–water partition coefficient (Wildman–Crippen LogP) is 4.44. The molecule has 0 aromatic carbocycles. The molecule has 124 valence electrons. The monoisotopic (exact) mass is 306 g/mol. The van der Waals surface area contributed by atoms with E-state index < -0.39 is 0 Å². The zero-order chi connectivity index (χ0) is 16.3. The van der Waals surface area contributed by atoms with Gasteiger partial charge in [-0.25, -0.2) is 19.6 Å². The van der Waals surface area contributed by atoms with Crippen molar-refractivity contribution in [1.82, 2.24) is 0 Å². The van der Waals surface area contributed by atoms with Crippen LogP contribution in [-0.4, -0.2) is 25.2 Å². The minimum atomic E-state index is 0.127. The fraction of sp³-hybridized carbons (Fsp3) is 0.889. The van der Waals surface area contributed by atoms with E-state index in [1.54, 1.807) is 12.2 Å². The highest BCUT2D eigenvalue weighted by atomic mass is 16.1. The fourth-order valence-electron chi connectivity index (χ4n) is 4.05. The molecule has 3 atom stereocenters. The van der Waals surface area contributed by atoms with Crippen LogP contribution >= 0.6 is 0 Å². The number of rotatable bonds is 8. The third-order valence-corrected chi connectivity index (χ3v) is 5.27. The highest BCUT2D eigenvalue weighted by Crippen LogP contribution is 2.57. The Morgan fingerprint density at radius 1 is 1.05 bits per heavy atom. The van der Waals surface area contributed by atoms with Gasteiger partial charge in [0, 0.05) is 0 Å². The highest BCUT2D eigenvalue weighted by Gasteiger charge is 2.51. The molecule has 2 bridgehead atoms. The number of isocyanates is 2. The maximum Gasteiger partial charge on any atom is 0.234 e. The third kappa shape index (κ3) is 5.51. The molecule has 0 aliphatic heterocycles. The van der Waals surface area contributed by atoms with Crippen molar-refractivity contribution in [3.8, 4) is 0 Å². The number of nitrogens with zero attached hydrogens (tertiary/aromatic N) is 2. The lowest BCUT2D eigenvalue weighted by atomic mass is 9.75. The summed E-state index contributed by atoms with van der Waals surface area (Å²) in [5, 5.41) is 0. The third-order valence-electron chi connectivity index (χ3n) is 5.27. The van der Waals surface area contributed by atoms with Crippen molar-refractivity contribution in [1.29, 1.82) is 0 Å².